The quantitative estimate of drug-likeness (QED) is 0.195. The predicted octanol–water partition coefficient (Wildman–Crippen LogP) is 4.60. The van der Waals surface area contributed by atoms with Crippen LogP contribution in [-0.2, 0) is 37.6 Å². The maximum absolute atomic E-state index is 12.1. The fourth-order valence-electron chi connectivity index (χ4n) is 3.94. The highest BCUT2D eigenvalue weighted by Gasteiger charge is 2.59. The first-order valence-electron chi connectivity index (χ1n) is 12.3. The molecule has 0 aromatic heterocycles. The molecular formula is C24H43N2O9Si+. The highest BCUT2D eigenvalue weighted by molar-refractivity contribution is 6.74. The van der Waals surface area contributed by atoms with Gasteiger partial charge in [0, 0.05) is 6.92 Å². The fourth-order valence-corrected chi connectivity index (χ4v) is 5.26. The Hall–Kier alpha value is -1.75. The number of esters is 1. The lowest BCUT2D eigenvalue weighted by atomic mass is 9.97. The van der Waals surface area contributed by atoms with Gasteiger partial charge in [-0.15, -0.1) is 0 Å². The van der Waals surface area contributed by atoms with Crippen molar-refractivity contribution in [3.8, 4) is 0 Å². The summed E-state index contributed by atoms with van der Waals surface area (Å²) in [5.74, 6) is -3.33. The van der Waals surface area contributed by atoms with E-state index < -0.39 is 68.0 Å². The molecule has 2 aliphatic heterocycles. The lowest BCUT2D eigenvalue weighted by Gasteiger charge is -2.42. The SMILES string of the molecule is CCO/C(O)=C(\[N+]#N)C(OC(C)=O)[C@H]1OC(C)(C)O[C@H]1[C@H](O[Si](C)(C)C(C)(C)C)[C@H]1COC(C)(C)O1. The van der Waals surface area contributed by atoms with Crippen LogP contribution in [0.1, 0.15) is 62.3 Å². The zero-order valence-corrected chi connectivity index (χ0v) is 24.4. The number of diazo groups is 1. The molecule has 2 heterocycles. The number of nitrogens with zero attached hydrogens (tertiary/aromatic N) is 2. The number of ether oxygens (including phenoxy) is 6. The topological polar surface area (TPSA) is 130 Å². The Balaban J connectivity index is 2.62. The summed E-state index contributed by atoms with van der Waals surface area (Å²) in [6.07, 6.45) is -4.50. The normalized spacial score (nSPS) is 28.1. The second-order valence-corrected chi connectivity index (χ2v) is 16.3. The molecule has 0 amide bonds. The summed E-state index contributed by atoms with van der Waals surface area (Å²) in [4.78, 5) is 15.3. The highest BCUT2D eigenvalue weighted by atomic mass is 28.4. The molecule has 1 N–H and O–H groups in total. The van der Waals surface area contributed by atoms with Crippen molar-refractivity contribution in [1.82, 2.24) is 0 Å². The van der Waals surface area contributed by atoms with Crippen LogP contribution in [0.5, 0.6) is 0 Å². The average Bonchev–Trinajstić information content (AvgIpc) is 3.23. The van der Waals surface area contributed by atoms with E-state index in [9.17, 15) is 15.3 Å². The summed E-state index contributed by atoms with van der Waals surface area (Å²) >= 11 is 0. The molecular weight excluding hydrogens is 488 g/mol. The standard InChI is InChI=1S/C24H42N2O9Si/c1-12-29-21(28)16(26-25)18(31-14(2)27)20-19(33-24(8,9)34-20)17(15-13-30-23(6,7)32-15)35-36(10,11)22(3,4)5/h15,17-20H,12-13H2,1-11H3/p+1/b21-16-/t15-,17-,18?,19+,20-/m1/s1. The molecule has 2 rings (SSSR count). The minimum absolute atomic E-state index is 0.0913. The molecule has 206 valence electrons. The molecule has 0 radical (unpaired) electrons. The minimum atomic E-state index is -2.40. The van der Waals surface area contributed by atoms with E-state index in [-0.39, 0.29) is 18.3 Å². The maximum Gasteiger partial charge on any atom is 0.483 e. The lowest BCUT2D eigenvalue weighted by Crippen LogP contribution is -2.56. The Bertz CT molecular complexity index is 876. The number of rotatable bonds is 9. The van der Waals surface area contributed by atoms with Gasteiger partial charge in [0.15, 0.2) is 24.9 Å². The summed E-state index contributed by atoms with van der Waals surface area (Å²) in [5, 5.41) is 20.1. The highest BCUT2D eigenvalue weighted by Crippen LogP contribution is 2.43. The molecule has 0 saturated carbocycles. The van der Waals surface area contributed by atoms with Crippen molar-refractivity contribution in [2.24, 2.45) is 0 Å². The molecule has 11 nitrogen and oxygen atoms in total. The molecule has 36 heavy (non-hydrogen) atoms. The molecule has 2 fully saturated rings. The van der Waals surface area contributed by atoms with Crippen molar-refractivity contribution in [2.45, 2.75) is 123 Å². The Morgan fingerprint density at radius 3 is 2.17 bits per heavy atom. The van der Waals surface area contributed by atoms with Gasteiger partial charge in [0.2, 0.25) is 11.5 Å². The van der Waals surface area contributed by atoms with Crippen LogP contribution in [0.15, 0.2) is 11.6 Å². The molecule has 0 aromatic rings. The molecule has 12 heteroatoms. The smallest absolute Gasteiger partial charge is 0.475 e. The molecule has 0 aromatic carbocycles. The first-order valence-corrected chi connectivity index (χ1v) is 15.2. The van der Waals surface area contributed by atoms with Gasteiger partial charge in [-0.05, 0) is 52.8 Å². The van der Waals surface area contributed by atoms with Gasteiger partial charge in [-0.1, -0.05) is 20.8 Å². The summed E-state index contributed by atoms with van der Waals surface area (Å²) in [6, 6.07) is 0. The van der Waals surface area contributed by atoms with Gasteiger partial charge in [0.05, 0.1) is 13.2 Å². The van der Waals surface area contributed by atoms with Crippen LogP contribution in [0.25, 0.3) is 4.98 Å². The van der Waals surface area contributed by atoms with Crippen molar-refractivity contribution in [2.75, 3.05) is 13.2 Å². The molecule has 0 spiro atoms. The van der Waals surface area contributed by atoms with Gasteiger partial charge in [-0.2, -0.15) is 0 Å². The monoisotopic (exact) mass is 531 g/mol. The average molecular weight is 532 g/mol. The van der Waals surface area contributed by atoms with Gasteiger partial charge in [-0.3, -0.25) is 4.79 Å². The number of aliphatic hydroxyl groups is 1. The third-order valence-corrected chi connectivity index (χ3v) is 11.1. The minimum Gasteiger partial charge on any atom is -0.475 e. The number of carbonyl (C=O) groups excluding carboxylic acids is 1. The summed E-state index contributed by atoms with van der Waals surface area (Å²) in [7, 11) is -2.40. The van der Waals surface area contributed by atoms with Gasteiger partial charge < -0.3 is 38.0 Å². The second-order valence-electron chi connectivity index (χ2n) is 11.5. The summed E-state index contributed by atoms with van der Waals surface area (Å²) in [6.45, 7) is 20.8. The van der Waals surface area contributed by atoms with Crippen LogP contribution in [0, 0.1) is 5.39 Å². The number of hydrogen-bond donors (Lipinski definition) is 1. The molecule has 0 aliphatic carbocycles. The van der Waals surface area contributed by atoms with E-state index in [1.54, 1.807) is 20.8 Å². The Labute approximate surface area is 215 Å². The lowest BCUT2D eigenvalue weighted by molar-refractivity contribution is -0.177. The predicted molar refractivity (Wildman–Crippen MR) is 133 cm³/mol. The van der Waals surface area contributed by atoms with Crippen molar-refractivity contribution >= 4 is 14.3 Å². The van der Waals surface area contributed by atoms with Gasteiger partial charge >= 0.3 is 17.6 Å². The number of hydrogen-bond acceptors (Lipinski definition) is 10. The first-order chi connectivity index (χ1) is 16.3. The summed E-state index contributed by atoms with van der Waals surface area (Å²) < 4.78 is 42.1. The van der Waals surface area contributed by atoms with Crippen LogP contribution in [0.4, 0.5) is 0 Å². The van der Waals surface area contributed by atoms with Crippen LogP contribution in [0.3, 0.4) is 0 Å². The van der Waals surface area contributed by atoms with Crippen molar-refractivity contribution < 1.29 is 42.7 Å². The van der Waals surface area contributed by atoms with Gasteiger partial charge in [0.25, 0.3) is 0 Å². The summed E-state index contributed by atoms with van der Waals surface area (Å²) in [5.41, 5.74) is -0.404. The Morgan fingerprint density at radius 1 is 1.14 bits per heavy atom. The molecule has 5 atom stereocenters. The van der Waals surface area contributed by atoms with E-state index in [2.05, 4.69) is 38.8 Å². The Morgan fingerprint density at radius 2 is 1.72 bits per heavy atom. The van der Waals surface area contributed by atoms with E-state index in [0.717, 1.165) is 0 Å². The Kier molecular flexibility index (Phi) is 9.25. The van der Waals surface area contributed by atoms with E-state index in [4.69, 9.17) is 32.8 Å². The molecule has 0 bridgehead atoms. The molecule has 2 saturated heterocycles. The van der Waals surface area contributed by atoms with E-state index in [1.807, 2.05) is 13.8 Å². The zero-order chi connectivity index (χ0) is 27.7. The third-order valence-electron chi connectivity index (χ3n) is 6.59. The second kappa shape index (κ2) is 10.9. The van der Waals surface area contributed by atoms with E-state index in [0.29, 0.717) is 0 Å². The van der Waals surface area contributed by atoms with Crippen molar-refractivity contribution in [3.05, 3.63) is 16.6 Å². The first kappa shape index (κ1) is 30.5. The number of aliphatic hydroxyl groups excluding tert-OH is 1. The van der Waals surface area contributed by atoms with Gasteiger partial charge in [-0.25, -0.2) is 0 Å². The maximum atomic E-state index is 12.1. The van der Waals surface area contributed by atoms with Crippen molar-refractivity contribution in [3.63, 3.8) is 0 Å². The van der Waals surface area contributed by atoms with E-state index in [1.165, 1.54) is 6.92 Å². The van der Waals surface area contributed by atoms with E-state index >= 15 is 0 Å². The zero-order valence-electron chi connectivity index (χ0n) is 23.4. The molecule has 2 aliphatic rings. The van der Waals surface area contributed by atoms with Crippen LogP contribution in [0.2, 0.25) is 18.1 Å². The molecule has 1 unspecified atom stereocenters. The van der Waals surface area contributed by atoms with Gasteiger partial charge in [0.1, 0.15) is 24.4 Å². The van der Waals surface area contributed by atoms with Crippen molar-refractivity contribution in [1.29, 1.82) is 5.39 Å². The fraction of sp³-hybridized carbons (Fsp3) is 0.875. The largest absolute Gasteiger partial charge is 0.483 e. The van der Waals surface area contributed by atoms with Crippen LogP contribution >= 0.6 is 0 Å². The van der Waals surface area contributed by atoms with Crippen LogP contribution < -0.4 is 0 Å². The third kappa shape index (κ3) is 7.17. The van der Waals surface area contributed by atoms with Crippen LogP contribution in [-0.4, -0.2) is 74.7 Å². The number of carbonyl (C=O) groups is 1.